The van der Waals surface area contributed by atoms with Gasteiger partial charge in [-0.1, -0.05) is 17.3 Å². The number of nitrogens with zero attached hydrogens (tertiary/aromatic N) is 4. The second-order valence-corrected chi connectivity index (χ2v) is 5.29. The van der Waals surface area contributed by atoms with Crippen LogP contribution in [0.4, 0.5) is 8.78 Å². The maximum atomic E-state index is 12.1. The Labute approximate surface area is 142 Å². The third kappa shape index (κ3) is 5.52. The van der Waals surface area contributed by atoms with Crippen molar-refractivity contribution in [2.45, 2.75) is 19.7 Å². The molecule has 8 nitrogen and oxygen atoms in total. The lowest BCUT2D eigenvalue weighted by atomic mass is 10.2. The van der Waals surface area contributed by atoms with E-state index in [1.165, 1.54) is 27.9 Å². The van der Waals surface area contributed by atoms with E-state index in [9.17, 15) is 18.4 Å². The lowest BCUT2D eigenvalue weighted by Crippen LogP contribution is -2.26. The quantitative estimate of drug-likeness (QED) is 0.799. The van der Waals surface area contributed by atoms with Gasteiger partial charge < -0.3 is 15.0 Å². The first-order valence-electron chi connectivity index (χ1n) is 7.27. The minimum absolute atomic E-state index is 0.0150. The molecule has 1 aromatic heterocycles. The summed E-state index contributed by atoms with van der Waals surface area (Å²) in [6, 6.07) is 5.89. The zero-order chi connectivity index (χ0) is 18.4. The van der Waals surface area contributed by atoms with Crippen molar-refractivity contribution in [2.75, 3.05) is 14.1 Å². The molecule has 0 bridgehead atoms. The molecule has 1 N–H and O–H groups in total. The Bertz CT molecular complexity index is 731. The highest BCUT2D eigenvalue weighted by Gasteiger charge is 2.13. The van der Waals surface area contributed by atoms with Crippen molar-refractivity contribution in [3.8, 4) is 5.75 Å². The van der Waals surface area contributed by atoms with Gasteiger partial charge in [-0.2, -0.15) is 8.78 Å². The van der Waals surface area contributed by atoms with Crippen LogP contribution in [0.25, 0.3) is 0 Å². The van der Waals surface area contributed by atoms with Crippen molar-refractivity contribution < 1.29 is 23.1 Å². The topological polar surface area (TPSA) is 89.4 Å². The number of carbonyl (C=O) groups excluding carboxylic acids is 2. The summed E-state index contributed by atoms with van der Waals surface area (Å²) >= 11 is 0. The molecular weight excluding hydrogens is 336 g/mol. The number of rotatable bonds is 7. The Morgan fingerprint density at radius 1 is 1.28 bits per heavy atom. The summed E-state index contributed by atoms with van der Waals surface area (Å²) in [5.74, 6) is -0.599. The first kappa shape index (κ1) is 18.3. The number of amides is 2. The summed E-state index contributed by atoms with van der Waals surface area (Å²) in [5.41, 5.74) is 0.773. The third-order valence-corrected chi connectivity index (χ3v) is 3.17. The average molecular weight is 353 g/mol. The maximum absolute atomic E-state index is 12.1. The van der Waals surface area contributed by atoms with Gasteiger partial charge in [0.15, 0.2) is 5.69 Å². The van der Waals surface area contributed by atoms with Crippen LogP contribution >= 0.6 is 0 Å². The number of hydrogen-bond acceptors (Lipinski definition) is 5. The normalized spacial score (nSPS) is 10.6. The molecule has 0 radical (unpaired) electrons. The summed E-state index contributed by atoms with van der Waals surface area (Å²) in [5, 5.41) is 10.1. The number of halogens is 2. The van der Waals surface area contributed by atoms with E-state index in [0.29, 0.717) is 5.56 Å². The van der Waals surface area contributed by atoms with Gasteiger partial charge in [-0.15, -0.1) is 5.10 Å². The predicted molar refractivity (Wildman–Crippen MR) is 83.0 cm³/mol. The Kier molecular flexibility index (Phi) is 5.98. The second kappa shape index (κ2) is 8.18. The second-order valence-electron chi connectivity index (χ2n) is 5.29. The Morgan fingerprint density at radius 2 is 1.96 bits per heavy atom. The molecule has 0 aliphatic carbocycles. The van der Waals surface area contributed by atoms with Crippen molar-refractivity contribution in [1.82, 2.24) is 25.2 Å². The van der Waals surface area contributed by atoms with Gasteiger partial charge in [0, 0.05) is 20.6 Å². The van der Waals surface area contributed by atoms with Gasteiger partial charge in [0.25, 0.3) is 5.91 Å². The van der Waals surface area contributed by atoms with Crippen LogP contribution in [-0.2, 0) is 17.9 Å². The summed E-state index contributed by atoms with van der Waals surface area (Å²) in [6.07, 6.45) is 1.37. The van der Waals surface area contributed by atoms with Gasteiger partial charge in [0.1, 0.15) is 12.3 Å². The monoisotopic (exact) mass is 353 g/mol. The Morgan fingerprint density at radius 3 is 2.56 bits per heavy atom. The van der Waals surface area contributed by atoms with E-state index in [0.717, 1.165) is 0 Å². The van der Waals surface area contributed by atoms with Gasteiger partial charge in [0.2, 0.25) is 5.91 Å². The first-order valence-corrected chi connectivity index (χ1v) is 7.27. The van der Waals surface area contributed by atoms with Gasteiger partial charge >= 0.3 is 6.61 Å². The first-order chi connectivity index (χ1) is 11.8. The molecule has 0 atom stereocenters. The minimum Gasteiger partial charge on any atom is -0.435 e. The van der Waals surface area contributed by atoms with Crippen LogP contribution in [-0.4, -0.2) is 52.4 Å². The summed E-state index contributed by atoms with van der Waals surface area (Å²) < 4.78 is 29.7. The van der Waals surface area contributed by atoms with E-state index in [1.807, 2.05) is 0 Å². The number of hydrogen-bond donors (Lipinski definition) is 1. The molecular formula is C15H17F2N5O3. The fraction of sp³-hybridized carbons (Fsp3) is 0.333. The molecule has 2 amide bonds. The number of carbonyl (C=O) groups is 2. The third-order valence-electron chi connectivity index (χ3n) is 3.17. The molecule has 134 valence electrons. The molecule has 2 aromatic rings. The molecule has 0 unspecified atom stereocenters. The van der Waals surface area contributed by atoms with Crippen molar-refractivity contribution in [2.24, 2.45) is 0 Å². The molecule has 25 heavy (non-hydrogen) atoms. The van der Waals surface area contributed by atoms with E-state index in [2.05, 4.69) is 20.4 Å². The summed E-state index contributed by atoms with van der Waals surface area (Å²) in [7, 11) is 3.23. The van der Waals surface area contributed by atoms with Crippen LogP contribution in [0.1, 0.15) is 16.1 Å². The lowest BCUT2D eigenvalue weighted by Gasteiger charge is -2.08. The molecule has 0 fully saturated rings. The molecule has 0 saturated heterocycles. The molecule has 1 aromatic carbocycles. The number of likely N-dealkylation sites (N-methyl/N-ethyl adjacent to an activating group) is 1. The summed E-state index contributed by atoms with van der Waals surface area (Å²) in [4.78, 5) is 25.0. The van der Waals surface area contributed by atoms with E-state index < -0.39 is 12.5 Å². The predicted octanol–water partition coefficient (Wildman–Crippen LogP) is 0.898. The minimum atomic E-state index is -2.88. The highest BCUT2D eigenvalue weighted by atomic mass is 19.3. The molecule has 10 heteroatoms. The van der Waals surface area contributed by atoms with Crippen molar-refractivity contribution in [1.29, 1.82) is 0 Å². The maximum Gasteiger partial charge on any atom is 0.387 e. The number of benzene rings is 1. The van der Waals surface area contributed by atoms with E-state index in [4.69, 9.17) is 0 Å². The smallest absolute Gasteiger partial charge is 0.387 e. The molecule has 0 spiro atoms. The zero-order valence-electron chi connectivity index (χ0n) is 13.6. The van der Waals surface area contributed by atoms with Crippen LogP contribution in [0.2, 0.25) is 0 Å². The van der Waals surface area contributed by atoms with E-state index in [-0.39, 0.29) is 30.4 Å². The highest BCUT2D eigenvalue weighted by molar-refractivity contribution is 5.91. The number of nitrogens with one attached hydrogen (secondary N) is 1. The van der Waals surface area contributed by atoms with Crippen LogP contribution in [0, 0.1) is 0 Å². The molecule has 0 aliphatic rings. The number of alkyl halides is 2. The zero-order valence-corrected chi connectivity index (χ0v) is 13.6. The Balaban J connectivity index is 1.88. The van der Waals surface area contributed by atoms with Crippen LogP contribution in [0.3, 0.4) is 0 Å². The highest BCUT2D eigenvalue weighted by Crippen LogP contribution is 2.14. The van der Waals surface area contributed by atoms with Gasteiger partial charge in [0.05, 0.1) is 6.20 Å². The number of ether oxygens (including phenoxy) is 1. The molecule has 0 saturated carbocycles. The van der Waals surface area contributed by atoms with Crippen molar-refractivity contribution in [3.05, 3.63) is 41.7 Å². The van der Waals surface area contributed by atoms with Gasteiger partial charge in [-0.05, 0) is 17.7 Å². The largest absolute Gasteiger partial charge is 0.435 e. The standard InChI is InChI=1S/C15H17F2N5O3/c1-21(2)13(23)9-22-8-12(19-20-22)14(24)18-7-10-3-5-11(6-4-10)25-15(16)17/h3-6,8,15H,7,9H2,1-2H3,(H,18,24). The van der Waals surface area contributed by atoms with Crippen LogP contribution < -0.4 is 10.1 Å². The number of aromatic nitrogens is 3. The van der Waals surface area contributed by atoms with Crippen LogP contribution in [0.15, 0.2) is 30.5 Å². The fourth-order valence-electron chi connectivity index (χ4n) is 1.82. The van der Waals surface area contributed by atoms with Crippen LogP contribution in [0.5, 0.6) is 5.75 Å². The van der Waals surface area contributed by atoms with E-state index >= 15 is 0 Å². The molecule has 2 rings (SSSR count). The average Bonchev–Trinajstić information content (AvgIpc) is 3.02. The van der Waals surface area contributed by atoms with Gasteiger partial charge in [-0.25, -0.2) is 4.68 Å². The fourth-order valence-corrected chi connectivity index (χ4v) is 1.82. The lowest BCUT2D eigenvalue weighted by molar-refractivity contribution is -0.129. The van der Waals surface area contributed by atoms with Crippen molar-refractivity contribution in [3.63, 3.8) is 0 Å². The van der Waals surface area contributed by atoms with E-state index in [1.54, 1.807) is 26.2 Å². The summed E-state index contributed by atoms with van der Waals surface area (Å²) in [6.45, 7) is -2.72. The molecule has 1 heterocycles. The van der Waals surface area contributed by atoms with Gasteiger partial charge in [-0.3, -0.25) is 9.59 Å². The Hall–Kier alpha value is -3.04. The SMILES string of the molecule is CN(C)C(=O)Cn1cc(C(=O)NCc2ccc(OC(F)F)cc2)nn1. The molecule has 0 aliphatic heterocycles. The van der Waals surface area contributed by atoms with Crippen molar-refractivity contribution >= 4 is 11.8 Å².